The van der Waals surface area contributed by atoms with Gasteiger partial charge in [0, 0.05) is 17.1 Å². The number of nitrogens with two attached hydrogens (primary N) is 1. The Morgan fingerprint density at radius 1 is 1.53 bits per heavy atom. The van der Waals surface area contributed by atoms with Gasteiger partial charge in [-0.05, 0) is 25.1 Å². The summed E-state index contributed by atoms with van der Waals surface area (Å²) >= 11 is 3.19. The van der Waals surface area contributed by atoms with Crippen molar-refractivity contribution in [1.29, 1.82) is 0 Å². The van der Waals surface area contributed by atoms with Crippen molar-refractivity contribution in [2.75, 3.05) is 18.4 Å². The first-order valence-electron chi connectivity index (χ1n) is 4.53. The molecule has 0 heterocycles. The van der Waals surface area contributed by atoms with E-state index in [1.165, 1.54) is 6.07 Å². The van der Waals surface area contributed by atoms with Crippen LogP contribution in [0.25, 0.3) is 0 Å². The molecular formula is C9H12BrN3O2. The first-order chi connectivity index (χ1) is 7.15. The topological polar surface area (TPSA) is 81.2 Å². The van der Waals surface area contributed by atoms with Gasteiger partial charge in [0.05, 0.1) is 4.92 Å². The molecule has 0 aliphatic carbocycles. The number of nitrogens with one attached hydrogen (secondary N) is 1. The maximum atomic E-state index is 10.7. The predicted molar refractivity (Wildman–Crippen MR) is 63.0 cm³/mol. The lowest BCUT2D eigenvalue weighted by Gasteiger charge is -2.06. The van der Waals surface area contributed by atoms with Gasteiger partial charge >= 0.3 is 0 Å². The highest BCUT2D eigenvalue weighted by Crippen LogP contribution is 2.27. The molecule has 0 saturated heterocycles. The Balaban J connectivity index is 2.81. The van der Waals surface area contributed by atoms with Crippen LogP contribution in [0.3, 0.4) is 0 Å². The minimum Gasteiger partial charge on any atom is -0.379 e. The van der Waals surface area contributed by atoms with Crippen molar-refractivity contribution in [2.24, 2.45) is 5.73 Å². The van der Waals surface area contributed by atoms with Crippen LogP contribution in [-0.4, -0.2) is 18.0 Å². The molecule has 0 spiro atoms. The quantitative estimate of drug-likeness (QED) is 0.489. The average molecular weight is 274 g/mol. The molecule has 0 radical (unpaired) electrons. The highest BCUT2D eigenvalue weighted by molar-refractivity contribution is 9.10. The predicted octanol–water partition coefficient (Wildman–Crippen LogP) is 2.12. The van der Waals surface area contributed by atoms with Gasteiger partial charge in [-0.25, -0.2) is 0 Å². The Hall–Kier alpha value is -1.14. The third kappa shape index (κ3) is 3.49. The molecule has 0 saturated carbocycles. The number of nitrogens with zero attached hydrogens (tertiary/aromatic N) is 1. The van der Waals surface area contributed by atoms with Gasteiger partial charge in [-0.1, -0.05) is 15.9 Å². The molecule has 0 aliphatic heterocycles. The van der Waals surface area contributed by atoms with E-state index in [0.29, 0.717) is 23.2 Å². The summed E-state index contributed by atoms with van der Waals surface area (Å²) < 4.78 is 0.693. The van der Waals surface area contributed by atoms with Crippen LogP contribution in [0.15, 0.2) is 22.7 Å². The van der Waals surface area contributed by atoms with E-state index in [1.807, 2.05) is 0 Å². The fraction of sp³-hybridized carbons (Fsp3) is 0.333. The minimum atomic E-state index is -0.407. The van der Waals surface area contributed by atoms with Gasteiger partial charge in [-0.3, -0.25) is 10.1 Å². The second kappa shape index (κ2) is 5.67. The van der Waals surface area contributed by atoms with Crippen molar-refractivity contribution >= 4 is 27.3 Å². The fourth-order valence-electron chi connectivity index (χ4n) is 1.13. The maximum Gasteiger partial charge on any atom is 0.293 e. The summed E-state index contributed by atoms with van der Waals surface area (Å²) in [6, 6.07) is 4.92. The van der Waals surface area contributed by atoms with E-state index in [0.717, 1.165) is 6.42 Å². The van der Waals surface area contributed by atoms with Crippen LogP contribution in [0.4, 0.5) is 11.4 Å². The molecular weight excluding hydrogens is 262 g/mol. The lowest BCUT2D eigenvalue weighted by molar-refractivity contribution is -0.384. The number of hydrogen-bond acceptors (Lipinski definition) is 4. The summed E-state index contributed by atoms with van der Waals surface area (Å²) in [6.07, 6.45) is 0.785. The lowest BCUT2D eigenvalue weighted by atomic mass is 10.2. The number of hydrogen-bond donors (Lipinski definition) is 2. The van der Waals surface area contributed by atoms with Crippen molar-refractivity contribution in [3.63, 3.8) is 0 Å². The zero-order chi connectivity index (χ0) is 11.3. The van der Waals surface area contributed by atoms with E-state index < -0.39 is 4.92 Å². The molecule has 1 aromatic carbocycles. The van der Waals surface area contributed by atoms with Gasteiger partial charge in [-0.15, -0.1) is 0 Å². The van der Waals surface area contributed by atoms with Crippen molar-refractivity contribution in [1.82, 2.24) is 0 Å². The number of anilines is 1. The first kappa shape index (κ1) is 11.9. The average Bonchev–Trinajstić information content (AvgIpc) is 2.20. The fourth-order valence-corrected chi connectivity index (χ4v) is 1.48. The summed E-state index contributed by atoms with van der Waals surface area (Å²) in [5.74, 6) is 0. The van der Waals surface area contributed by atoms with Crippen molar-refractivity contribution < 1.29 is 4.92 Å². The van der Waals surface area contributed by atoms with E-state index in [4.69, 9.17) is 5.73 Å². The third-order valence-corrected chi connectivity index (χ3v) is 2.35. The summed E-state index contributed by atoms with van der Waals surface area (Å²) in [5, 5.41) is 13.7. The number of benzene rings is 1. The second-order valence-corrected chi connectivity index (χ2v) is 3.90. The van der Waals surface area contributed by atoms with Crippen molar-refractivity contribution in [3.05, 3.63) is 32.8 Å². The van der Waals surface area contributed by atoms with Gasteiger partial charge in [0.15, 0.2) is 0 Å². The highest BCUT2D eigenvalue weighted by atomic mass is 79.9. The van der Waals surface area contributed by atoms with E-state index in [1.54, 1.807) is 12.1 Å². The molecule has 0 bridgehead atoms. The third-order valence-electron chi connectivity index (χ3n) is 1.85. The molecule has 0 amide bonds. The Morgan fingerprint density at radius 3 is 2.87 bits per heavy atom. The standard InChI is InChI=1S/C9H12BrN3O2/c10-7-2-3-8(12-5-1-4-11)9(6-7)13(14)15/h2-3,6,12H,1,4-5,11H2. The normalized spacial score (nSPS) is 10.0. The number of rotatable bonds is 5. The Morgan fingerprint density at radius 2 is 2.27 bits per heavy atom. The molecule has 0 aliphatic rings. The molecule has 6 heteroatoms. The van der Waals surface area contributed by atoms with Crippen LogP contribution < -0.4 is 11.1 Å². The number of nitro groups is 1. The summed E-state index contributed by atoms with van der Waals surface area (Å²) in [7, 11) is 0. The molecule has 0 atom stereocenters. The molecule has 0 unspecified atom stereocenters. The van der Waals surface area contributed by atoms with Crippen LogP contribution >= 0.6 is 15.9 Å². The van der Waals surface area contributed by atoms with Crippen LogP contribution in [0.1, 0.15) is 6.42 Å². The van der Waals surface area contributed by atoms with E-state index in [9.17, 15) is 10.1 Å². The monoisotopic (exact) mass is 273 g/mol. The Bertz CT molecular complexity index is 357. The van der Waals surface area contributed by atoms with E-state index in [2.05, 4.69) is 21.2 Å². The zero-order valence-electron chi connectivity index (χ0n) is 8.07. The van der Waals surface area contributed by atoms with Crippen molar-refractivity contribution in [3.8, 4) is 0 Å². The summed E-state index contributed by atoms with van der Waals surface area (Å²) in [6.45, 7) is 1.20. The maximum absolute atomic E-state index is 10.7. The molecule has 1 rings (SSSR count). The second-order valence-electron chi connectivity index (χ2n) is 2.99. The van der Waals surface area contributed by atoms with Gasteiger partial charge in [-0.2, -0.15) is 0 Å². The first-order valence-corrected chi connectivity index (χ1v) is 5.32. The molecule has 5 nitrogen and oxygen atoms in total. The van der Waals surface area contributed by atoms with E-state index >= 15 is 0 Å². The van der Waals surface area contributed by atoms with Gasteiger partial charge in [0.25, 0.3) is 5.69 Å². The van der Waals surface area contributed by atoms with E-state index in [-0.39, 0.29) is 5.69 Å². The molecule has 82 valence electrons. The SMILES string of the molecule is NCCCNc1ccc(Br)cc1[N+](=O)[O-]. The van der Waals surface area contributed by atoms with Gasteiger partial charge in [0.2, 0.25) is 0 Å². The molecule has 1 aromatic rings. The lowest BCUT2D eigenvalue weighted by Crippen LogP contribution is -2.09. The van der Waals surface area contributed by atoms with Crippen LogP contribution in [0.5, 0.6) is 0 Å². The summed E-state index contributed by atoms with van der Waals surface area (Å²) in [5.41, 5.74) is 5.93. The smallest absolute Gasteiger partial charge is 0.293 e. The minimum absolute atomic E-state index is 0.0707. The van der Waals surface area contributed by atoms with Gasteiger partial charge in [0.1, 0.15) is 5.69 Å². The highest BCUT2D eigenvalue weighted by Gasteiger charge is 2.13. The molecule has 15 heavy (non-hydrogen) atoms. The largest absolute Gasteiger partial charge is 0.379 e. The molecule has 3 N–H and O–H groups in total. The van der Waals surface area contributed by atoms with Crippen LogP contribution in [0.2, 0.25) is 0 Å². The van der Waals surface area contributed by atoms with Crippen molar-refractivity contribution in [2.45, 2.75) is 6.42 Å². The zero-order valence-corrected chi connectivity index (χ0v) is 9.66. The van der Waals surface area contributed by atoms with Gasteiger partial charge < -0.3 is 11.1 Å². The molecule has 0 fully saturated rings. The van der Waals surface area contributed by atoms with Crippen LogP contribution in [0, 0.1) is 10.1 Å². The Kier molecular flexibility index (Phi) is 4.51. The summed E-state index contributed by atoms with van der Waals surface area (Å²) in [4.78, 5) is 10.3. The Labute approximate surface area is 95.9 Å². The molecule has 0 aromatic heterocycles. The van der Waals surface area contributed by atoms with Crippen LogP contribution in [-0.2, 0) is 0 Å². The number of nitro benzene ring substituents is 1. The number of halogens is 1.